The Morgan fingerprint density at radius 3 is 2.48 bits per heavy atom. The summed E-state index contributed by atoms with van der Waals surface area (Å²) in [5, 5.41) is 3.47. The summed E-state index contributed by atoms with van der Waals surface area (Å²) in [6, 6.07) is 5.67. The van der Waals surface area contributed by atoms with Crippen LogP contribution < -0.4 is 10.1 Å². The fraction of sp³-hybridized carbons (Fsp3) is 0.611. The van der Waals surface area contributed by atoms with Crippen molar-refractivity contribution in [1.82, 2.24) is 10.2 Å². The summed E-state index contributed by atoms with van der Waals surface area (Å²) < 4.78 is 6.63. The molecule has 126 valence electrons. The number of nitrogens with one attached hydrogen (secondary N) is 1. The molecule has 0 bridgehead atoms. The molecule has 2 fully saturated rings. The highest BCUT2D eigenvalue weighted by Gasteiger charge is 2.31. The SMILES string of the molecule is CC(C)Oc1cc(Br)cc(C(=O)N2CC[C@@H]3CNC[C@@H]3CC2)c1. The minimum absolute atomic E-state index is 0.0947. The summed E-state index contributed by atoms with van der Waals surface area (Å²) in [7, 11) is 0. The summed E-state index contributed by atoms with van der Waals surface area (Å²) in [4.78, 5) is 14.9. The highest BCUT2D eigenvalue weighted by atomic mass is 79.9. The van der Waals surface area contributed by atoms with E-state index in [0.29, 0.717) is 5.56 Å². The number of carbonyl (C=O) groups excluding carboxylic acids is 1. The van der Waals surface area contributed by atoms with E-state index in [4.69, 9.17) is 4.74 Å². The molecule has 0 aliphatic carbocycles. The predicted octanol–water partition coefficient (Wildman–Crippen LogP) is 3.31. The van der Waals surface area contributed by atoms with Crippen molar-refractivity contribution >= 4 is 21.8 Å². The second-order valence-electron chi connectivity index (χ2n) is 6.89. The zero-order valence-corrected chi connectivity index (χ0v) is 15.4. The summed E-state index contributed by atoms with van der Waals surface area (Å²) in [6.07, 6.45) is 2.30. The zero-order valence-electron chi connectivity index (χ0n) is 13.8. The number of likely N-dealkylation sites (tertiary alicyclic amines) is 1. The number of nitrogens with zero attached hydrogens (tertiary/aromatic N) is 1. The van der Waals surface area contributed by atoms with Crippen LogP contribution in [-0.4, -0.2) is 43.1 Å². The van der Waals surface area contributed by atoms with Gasteiger partial charge < -0.3 is 15.0 Å². The van der Waals surface area contributed by atoms with Gasteiger partial charge in [-0.2, -0.15) is 0 Å². The number of halogens is 1. The van der Waals surface area contributed by atoms with E-state index < -0.39 is 0 Å². The van der Waals surface area contributed by atoms with E-state index in [9.17, 15) is 4.79 Å². The third-order valence-corrected chi connectivity index (χ3v) is 5.25. The van der Waals surface area contributed by atoms with Crippen LogP contribution in [0.15, 0.2) is 22.7 Å². The highest BCUT2D eigenvalue weighted by Crippen LogP contribution is 2.29. The van der Waals surface area contributed by atoms with E-state index in [-0.39, 0.29) is 12.0 Å². The smallest absolute Gasteiger partial charge is 0.254 e. The molecule has 0 spiro atoms. The van der Waals surface area contributed by atoms with Gasteiger partial charge in [0.25, 0.3) is 5.91 Å². The van der Waals surface area contributed by atoms with Crippen LogP contribution in [0.1, 0.15) is 37.0 Å². The first kappa shape index (κ1) is 16.8. The largest absolute Gasteiger partial charge is 0.491 e. The molecule has 2 aliphatic rings. The van der Waals surface area contributed by atoms with Crippen LogP contribution >= 0.6 is 15.9 Å². The Balaban J connectivity index is 1.73. The number of rotatable bonds is 3. The fourth-order valence-corrected chi connectivity index (χ4v) is 4.10. The fourth-order valence-electron chi connectivity index (χ4n) is 3.63. The van der Waals surface area contributed by atoms with Gasteiger partial charge in [0.2, 0.25) is 0 Å². The van der Waals surface area contributed by atoms with Crippen LogP contribution in [0.4, 0.5) is 0 Å². The summed E-state index contributed by atoms with van der Waals surface area (Å²) in [6.45, 7) is 7.91. The Kier molecular flexibility index (Phi) is 5.27. The topological polar surface area (TPSA) is 41.6 Å². The van der Waals surface area contributed by atoms with Crippen LogP contribution in [-0.2, 0) is 0 Å². The average molecular weight is 381 g/mol. The van der Waals surface area contributed by atoms with Gasteiger partial charge in [-0.05, 0) is 69.8 Å². The number of hydrogen-bond donors (Lipinski definition) is 1. The van der Waals surface area contributed by atoms with E-state index in [0.717, 1.165) is 61.1 Å². The Hall–Kier alpha value is -1.07. The van der Waals surface area contributed by atoms with Crippen molar-refractivity contribution in [3.05, 3.63) is 28.2 Å². The summed E-state index contributed by atoms with van der Waals surface area (Å²) in [5.41, 5.74) is 0.709. The maximum absolute atomic E-state index is 12.9. The molecule has 1 aromatic carbocycles. The number of carbonyl (C=O) groups is 1. The zero-order chi connectivity index (χ0) is 16.4. The number of hydrogen-bond acceptors (Lipinski definition) is 3. The third kappa shape index (κ3) is 4.07. The monoisotopic (exact) mass is 380 g/mol. The van der Waals surface area contributed by atoms with E-state index in [1.165, 1.54) is 0 Å². The van der Waals surface area contributed by atoms with Crippen molar-refractivity contribution in [1.29, 1.82) is 0 Å². The Bertz CT molecular complexity index is 562. The van der Waals surface area contributed by atoms with Gasteiger partial charge in [-0.15, -0.1) is 0 Å². The molecule has 0 unspecified atom stereocenters. The van der Waals surface area contributed by atoms with Gasteiger partial charge in [0.15, 0.2) is 0 Å². The van der Waals surface area contributed by atoms with Crippen molar-refractivity contribution in [3.63, 3.8) is 0 Å². The molecule has 2 atom stereocenters. The molecular weight excluding hydrogens is 356 g/mol. The van der Waals surface area contributed by atoms with Gasteiger partial charge in [-0.3, -0.25) is 4.79 Å². The lowest BCUT2D eigenvalue weighted by atomic mass is 9.92. The van der Waals surface area contributed by atoms with Gasteiger partial charge in [-0.25, -0.2) is 0 Å². The van der Waals surface area contributed by atoms with Gasteiger partial charge in [0, 0.05) is 23.1 Å². The van der Waals surface area contributed by atoms with Crippen molar-refractivity contribution in [2.24, 2.45) is 11.8 Å². The number of benzene rings is 1. The Morgan fingerprint density at radius 2 is 1.87 bits per heavy atom. The van der Waals surface area contributed by atoms with Crippen molar-refractivity contribution < 1.29 is 9.53 Å². The normalized spacial score (nSPS) is 24.4. The maximum atomic E-state index is 12.9. The van der Waals surface area contributed by atoms with Crippen LogP contribution in [0.3, 0.4) is 0 Å². The Morgan fingerprint density at radius 1 is 1.22 bits per heavy atom. The third-order valence-electron chi connectivity index (χ3n) is 4.80. The second-order valence-corrected chi connectivity index (χ2v) is 7.81. The van der Waals surface area contributed by atoms with Crippen LogP contribution in [0.25, 0.3) is 0 Å². The molecule has 2 saturated heterocycles. The average Bonchev–Trinajstić information content (AvgIpc) is 2.84. The van der Waals surface area contributed by atoms with Crippen molar-refractivity contribution in [3.8, 4) is 5.75 Å². The van der Waals surface area contributed by atoms with Crippen LogP contribution in [0.5, 0.6) is 5.75 Å². The van der Waals surface area contributed by atoms with Crippen LogP contribution in [0, 0.1) is 11.8 Å². The predicted molar refractivity (Wildman–Crippen MR) is 94.9 cm³/mol. The first-order valence-electron chi connectivity index (χ1n) is 8.50. The van der Waals surface area contributed by atoms with Gasteiger partial charge in [0.05, 0.1) is 6.10 Å². The molecule has 23 heavy (non-hydrogen) atoms. The molecule has 4 nitrogen and oxygen atoms in total. The lowest BCUT2D eigenvalue weighted by molar-refractivity contribution is 0.0757. The second kappa shape index (κ2) is 7.22. The summed E-state index contributed by atoms with van der Waals surface area (Å²) >= 11 is 3.49. The molecule has 2 heterocycles. The molecule has 0 aromatic heterocycles. The lowest BCUT2D eigenvalue weighted by Gasteiger charge is -2.21. The molecule has 2 aliphatic heterocycles. The maximum Gasteiger partial charge on any atom is 0.254 e. The minimum atomic E-state index is 0.0947. The first-order chi connectivity index (χ1) is 11.0. The summed E-state index contributed by atoms with van der Waals surface area (Å²) in [5.74, 6) is 2.33. The molecule has 5 heteroatoms. The van der Waals surface area contributed by atoms with Gasteiger partial charge in [0.1, 0.15) is 5.75 Å². The molecule has 1 aromatic rings. The number of ether oxygens (including phenoxy) is 1. The van der Waals surface area contributed by atoms with E-state index in [2.05, 4.69) is 21.2 Å². The first-order valence-corrected chi connectivity index (χ1v) is 9.29. The molecule has 1 N–H and O–H groups in total. The minimum Gasteiger partial charge on any atom is -0.491 e. The molecule has 3 rings (SSSR count). The number of fused-ring (bicyclic) bond motifs is 1. The van der Waals surface area contributed by atoms with Crippen LogP contribution in [0.2, 0.25) is 0 Å². The van der Waals surface area contributed by atoms with E-state index >= 15 is 0 Å². The molecular formula is C18H25BrN2O2. The highest BCUT2D eigenvalue weighted by molar-refractivity contribution is 9.10. The molecule has 0 radical (unpaired) electrons. The van der Waals surface area contributed by atoms with Gasteiger partial charge in [-0.1, -0.05) is 15.9 Å². The lowest BCUT2D eigenvalue weighted by Crippen LogP contribution is -2.32. The number of amides is 1. The van der Waals surface area contributed by atoms with E-state index in [1.807, 2.05) is 36.9 Å². The quantitative estimate of drug-likeness (QED) is 0.874. The van der Waals surface area contributed by atoms with Crippen molar-refractivity contribution in [2.45, 2.75) is 32.8 Å². The van der Waals surface area contributed by atoms with Crippen molar-refractivity contribution in [2.75, 3.05) is 26.2 Å². The Labute approximate surface area is 146 Å². The molecule has 1 amide bonds. The van der Waals surface area contributed by atoms with E-state index in [1.54, 1.807) is 0 Å². The molecule has 0 saturated carbocycles. The van der Waals surface area contributed by atoms with Gasteiger partial charge >= 0.3 is 0 Å². The standard InChI is InChI=1S/C18H25BrN2O2/c1-12(2)23-17-8-15(7-16(19)9-17)18(22)21-5-3-13-10-20-11-14(13)4-6-21/h7-9,12-14,20H,3-6,10-11H2,1-2H3/t13-,14+.